The highest BCUT2D eigenvalue weighted by Gasteiger charge is 2.45. The largest absolute Gasteiger partial charge is 0.354 e. The molecule has 27 heavy (non-hydrogen) atoms. The number of halogens is 1. The summed E-state index contributed by atoms with van der Waals surface area (Å²) in [6.45, 7) is 2.71. The number of carbonyl (C=O) groups excluding carboxylic acids is 2. The van der Waals surface area contributed by atoms with E-state index in [1.807, 2.05) is 0 Å². The Labute approximate surface area is 165 Å². The van der Waals surface area contributed by atoms with Crippen LogP contribution in [0.3, 0.4) is 0 Å². The molecular weight excluding hydrogens is 363 g/mol. The lowest BCUT2D eigenvalue weighted by Crippen LogP contribution is -2.51. The van der Waals surface area contributed by atoms with Gasteiger partial charge in [-0.15, -0.1) is 11.8 Å². The number of hydrogen-bond donors (Lipinski definition) is 1. The number of benzene rings is 1. The molecule has 2 aliphatic rings. The quantitative estimate of drug-likeness (QED) is 0.738. The van der Waals surface area contributed by atoms with E-state index in [9.17, 15) is 14.0 Å². The first kappa shape index (κ1) is 20.2. The molecule has 6 heteroatoms. The van der Waals surface area contributed by atoms with E-state index < -0.39 is 11.9 Å². The van der Waals surface area contributed by atoms with Crippen LogP contribution in [-0.4, -0.2) is 40.4 Å². The van der Waals surface area contributed by atoms with Gasteiger partial charge in [-0.05, 0) is 43.4 Å². The van der Waals surface area contributed by atoms with Crippen molar-refractivity contribution in [1.82, 2.24) is 10.2 Å². The molecule has 2 fully saturated rings. The first-order chi connectivity index (χ1) is 13.1. The lowest BCUT2D eigenvalue weighted by Gasteiger charge is -2.35. The Hall–Kier alpha value is -1.56. The summed E-state index contributed by atoms with van der Waals surface area (Å²) in [5.74, 6) is 0.283. The lowest BCUT2D eigenvalue weighted by molar-refractivity contribution is -0.125. The van der Waals surface area contributed by atoms with Crippen molar-refractivity contribution in [2.45, 2.75) is 63.3 Å². The molecule has 2 atom stereocenters. The summed E-state index contributed by atoms with van der Waals surface area (Å²) >= 11 is 1.71. The van der Waals surface area contributed by atoms with Crippen molar-refractivity contribution in [3.05, 3.63) is 35.6 Å². The smallest absolute Gasteiger partial charge is 0.255 e. The van der Waals surface area contributed by atoms with Gasteiger partial charge in [-0.3, -0.25) is 9.59 Å². The van der Waals surface area contributed by atoms with E-state index in [0.717, 1.165) is 25.7 Å². The van der Waals surface area contributed by atoms with Crippen LogP contribution >= 0.6 is 11.8 Å². The maximum atomic E-state index is 13.7. The molecule has 1 aliphatic carbocycles. The van der Waals surface area contributed by atoms with Crippen LogP contribution in [0.5, 0.6) is 0 Å². The van der Waals surface area contributed by atoms with Gasteiger partial charge < -0.3 is 10.2 Å². The minimum atomic E-state index is -0.477. The molecule has 1 saturated heterocycles. The molecule has 1 heterocycles. The number of amides is 2. The summed E-state index contributed by atoms with van der Waals surface area (Å²) in [6.07, 6.45) is 7.72. The molecule has 4 nitrogen and oxygen atoms in total. The molecule has 148 valence electrons. The highest BCUT2D eigenvalue weighted by atomic mass is 32.2. The first-order valence-corrected chi connectivity index (χ1v) is 11.1. The Balaban J connectivity index is 1.82. The molecule has 1 aliphatic heterocycles. The summed E-state index contributed by atoms with van der Waals surface area (Å²) in [4.78, 5) is 27.8. The number of hydrogen-bond acceptors (Lipinski definition) is 3. The minimum absolute atomic E-state index is 0.00277. The number of nitrogens with zero attached hydrogens (tertiary/aromatic N) is 1. The third kappa shape index (κ3) is 4.84. The highest BCUT2D eigenvalue weighted by Crippen LogP contribution is 2.41. The van der Waals surface area contributed by atoms with Crippen LogP contribution in [0.2, 0.25) is 0 Å². The number of thioether (sulfide) groups is 1. The lowest BCUT2D eigenvalue weighted by atomic mass is 9.88. The topological polar surface area (TPSA) is 49.4 Å². The minimum Gasteiger partial charge on any atom is -0.354 e. The predicted molar refractivity (Wildman–Crippen MR) is 107 cm³/mol. The monoisotopic (exact) mass is 392 g/mol. The van der Waals surface area contributed by atoms with Crippen LogP contribution in [0.4, 0.5) is 4.39 Å². The third-order valence-corrected chi connectivity index (χ3v) is 6.99. The molecule has 0 radical (unpaired) electrons. The van der Waals surface area contributed by atoms with Crippen molar-refractivity contribution in [3.8, 4) is 0 Å². The van der Waals surface area contributed by atoms with Crippen LogP contribution < -0.4 is 5.32 Å². The summed E-state index contributed by atoms with van der Waals surface area (Å²) in [5, 5.41) is 2.98. The molecule has 0 spiro atoms. The van der Waals surface area contributed by atoms with Gasteiger partial charge in [-0.2, -0.15) is 0 Å². The zero-order valence-corrected chi connectivity index (χ0v) is 16.8. The van der Waals surface area contributed by atoms with Crippen LogP contribution in [0.25, 0.3) is 0 Å². The van der Waals surface area contributed by atoms with Gasteiger partial charge in [0.1, 0.15) is 11.9 Å². The highest BCUT2D eigenvalue weighted by molar-refractivity contribution is 8.00. The van der Waals surface area contributed by atoms with E-state index in [1.54, 1.807) is 28.8 Å². The summed E-state index contributed by atoms with van der Waals surface area (Å²) in [6, 6.07) is 5.32. The Bertz CT molecular complexity index is 663. The van der Waals surface area contributed by atoms with Crippen molar-refractivity contribution in [3.63, 3.8) is 0 Å². The van der Waals surface area contributed by atoms with E-state index >= 15 is 0 Å². The Morgan fingerprint density at radius 3 is 2.74 bits per heavy atom. The van der Waals surface area contributed by atoms with Crippen molar-refractivity contribution in [2.24, 2.45) is 5.92 Å². The third-order valence-electron chi connectivity index (χ3n) is 5.53. The van der Waals surface area contributed by atoms with Gasteiger partial charge in [-0.1, -0.05) is 38.7 Å². The summed E-state index contributed by atoms with van der Waals surface area (Å²) in [5.41, 5.74) is 0.324. The van der Waals surface area contributed by atoms with Gasteiger partial charge in [0.25, 0.3) is 5.91 Å². The van der Waals surface area contributed by atoms with E-state index in [0.29, 0.717) is 23.8 Å². The van der Waals surface area contributed by atoms with Crippen LogP contribution in [0.15, 0.2) is 24.3 Å². The second-order valence-corrected chi connectivity index (χ2v) is 8.65. The van der Waals surface area contributed by atoms with Crippen LogP contribution in [-0.2, 0) is 4.79 Å². The molecule has 0 aromatic heterocycles. The van der Waals surface area contributed by atoms with E-state index in [-0.39, 0.29) is 17.2 Å². The second-order valence-electron chi connectivity index (χ2n) is 7.51. The average Bonchev–Trinajstić information content (AvgIpc) is 3.13. The maximum Gasteiger partial charge on any atom is 0.255 e. The van der Waals surface area contributed by atoms with Crippen molar-refractivity contribution >= 4 is 23.6 Å². The molecule has 1 aromatic carbocycles. The van der Waals surface area contributed by atoms with E-state index in [2.05, 4.69) is 12.2 Å². The second kappa shape index (κ2) is 9.58. The molecule has 0 unspecified atom stereocenters. The van der Waals surface area contributed by atoms with Gasteiger partial charge in [0, 0.05) is 17.9 Å². The number of rotatable bonds is 6. The summed E-state index contributed by atoms with van der Waals surface area (Å²) in [7, 11) is 0. The fourth-order valence-corrected chi connectivity index (χ4v) is 5.69. The Morgan fingerprint density at radius 1 is 1.26 bits per heavy atom. The molecule has 1 N–H and O–H groups in total. The van der Waals surface area contributed by atoms with Crippen LogP contribution in [0, 0.1) is 11.7 Å². The molecule has 2 amide bonds. The first-order valence-electron chi connectivity index (χ1n) is 10.1. The maximum absolute atomic E-state index is 13.7. The molecule has 3 rings (SSSR count). The average molecular weight is 393 g/mol. The van der Waals surface area contributed by atoms with Crippen molar-refractivity contribution in [2.75, 3.05) is 12.3 Å². The van der Waals surface area contributed by atoms with Gasteiger partial charge in [0.2, 0.25) is 5.91 Å². The fourth-order valence-electron chi connectivity index (χ4n) is 4.05. The molecule has 1 aromatic rings. The van der Waals surface area contributed by atoms with Gasteiger partial charge >= 0.3 is 0 Å². The number of carbonyl (C=O) groups is 2. The summed E-state index contributed by atoms with van der Waals surface area (Å²) < 4.78 is 13.7. The Morgan fingerprint density at radius 2 is 2.04 bits per heavy atom. The van der Waals surface area contributed by atoms with E-state index in [1.165, 1.54) is 31.4 Å². The normalized spacial score (nSPS) is 23.4. The van der Waals surface area contributed by atoms with Gasteiger partial charge in [-0.25, -0.2) is 4.39 Å². The fraction of sp³-hybridized carbons (Fsp3) is 0.619. The van der Waals surface area contributed by atoms with Crippen LogP contribution in [0.1, 0.15) is 62.2 Å². The zero-order valence-electron chi connectivity index (χ0n) is 16.0. The van der Waals surface area contributed by atoms with Crippen molar-refractivity contribution in [1.29, 1.82) is 0 Å². The molecule has 1 saturated carbocycles. The number of nitrogens with one attached hydrogen (secondary N) is 1. The Kier molecular flexibility index (Phi) is 7.16. The number of unbranched alkanes of at least 4 members (excludes halogenated alkanes) is 1. The standard InChI is InChI=1S/C21H29FN2O2S/c1-2-3-12-23-19(25)18-14-27-21(15-8-5-4-6-9-15)24(18)20(26)16-10-7-11-17(22)13-16/h7,10-11,13,15,18,21H,2-6,8-9,12,14H2,1H3,(H,23,25)/t18-,21-/m0/s1. The molecular formula is C21H29FN2O2S. The SMILES string of the molecule is CCCCNC(=O)[C@@H]1CS[C@@H](C2CCCCC2)N1C(=O)c1cccc(F)c1. The molecule has 0 bridgehead atoms. The zero-order chi connectivity index (χ0) is 19.2. The van der Waals surface area contributed by atoms with Crippen molar-refractivity contribution < 1.29 is 14.0 Å². The van der Waals surface area contributed by atoms with Gasteiger partial charge in [0.05, 0.1) is 5.37 Å². The van der Waals surface area contributed by atoms with Gasteiger partial charge in [0.15, 0.2) is 0 Å². The predicted octanol–water partition coefficient (Wildman–Crippen LogP) is 4.21. The van der Waals surface area contributed by atoms with E-state index in [4.69, 9.17) is 0 Å².